The van der Waals surface area contributed by atoms with Gasteiger partial charge >= 0.3 is 0 Å². The van der Waals surface area contributed by atoms with Gasteiger partial charge < -0.3 is 4.43 Å². The number of nitro benzene ring substituents is 1. The molecule has 1 saturated carbocycles. The Balaban J connectivity index is 1.75. The van der Waals surface area contributed by atoms with Crippen LogP contribution in [0.5, 0.6) is 0 Å². The predicted octanol–water partition coefficient (Wildman–Crippen LogP) is 7.37. The van der Waals surface area contributed by atoms with Crippen molar-refractivity contribution in [2.75, 3.05) is 0 Å². The molecule has 0 N–H and O–H groups in total. The molecule has 0 unspecified atom stereocenters. The van der Waals surface area contributed by atoms with Gasteiger partial charge in [-0.15, -0.1) is 0 Å². The normalized spacial score (nSPS) is 20.6. The van der Waals surface area contributed by atoms with Crippen LogP contribution in [0.15, 0.2) is 42.6 Å². The van der Waals surface area contributed by atoms with E-state index in [0.29, 0.717) is 17.0 Å². The number of benzene rings is 1. The second-order valence-corrected chi connectivity index (χ2v) is 15.4. The van der Waals surface area contributed by atoms with Crippen LogP contribution in [0.2, 0.25) is 23.3 Å². The molecule has 2 aromatic rings. The average molecular weight is 461 g/mol. The second-order valence-electron chi connectivity index (χ2n) is 10.3. The van der Waals surface area contributed by atoms with Crippen LogP contribution in [0.3, 0.4) is 0 Å². The van der Waals surface area contributed by atoms with Gasteiger partial charge in [0.05, 0.1) is 11.0 Å². The molecule has 1 aromatic carbocycles. The Kier molecular flexibility index (Phi) is 7.23. The first-order valence-corrected chi connectivity index (χ1v) is 14.3. The van der Waals surface area contributed by atoms with Gasteiger partial charge in [0.15, 0.2) is 8.32 Å². The van der Waals surface area contributed by atoms with E-state index < -0.39 is 8.32 Å². The summed E-state index contributed by atoms with van der Waals surface area (Å²) >= 11 is 6.04. The number of hydrogen-bond donors (Lipinski definition) is 0. The van der Waals surface area contributed by atoms with Crippen LogP contribution in [-0.4, -0.2) is 18.2 Å². The van der Waals surface area contributed by atoms with Gasteiger partial charge in [0.25, 0.3) is 5.69 Å². The van der Waals surface area contributed by atoms with Crippen molar-refractivity contribution in [3.05, 3.63) is 69.0 Å². The molecule has 0 bridgehead atoms. The highest BCUT2D eigenvalue weighted by atomic mass is 35.5. The summed E-state index contributed by atoms with van der Waals surface area (Å²) < 4.78 is 6.93. The minimum absolute atomic E-state index is 0.0209. The Labute approximate surface area is 191 Å². The molecule has 3 atom stereocenters. The first kappa shape index (κ1) is 23.9. The zero-order valence-corrected chi connectivity index (χ0v) is 20.9. The summed E-state index contributed by atoms with van der Waals surface area (Å²) in [5.41, 5.74) is 2.41. The number of nitro groups is 1. The van der Waals surface area contributed by atoms with Crippen molar-refractivity contribution in [2.45, 2.75) is 70.7 Å². The highest BCUT2D eigenvalue weighted by Crippen LogP contribution is 2.47. The standard InChI is InChI=1S/C24H33ClN2O3Si/c1-24(2,3)31(4,5)30-23(20-10-13-22(25)26-16-20)19-9-6-18(15-19)14-17-7-11-21(12-8-17)27(28)29/h7-8,10-13,16,18-19,23H,6,9,14-15H2,1-5H3/t18-,19+,23+/m1/s1. The molecule has 168 valence electrons. The Morgan fingerprint density at radius 3 is 2.42 bits per heavy atom. The fourth-order valence-corrected chi connectivity index (χ4v) is 5.58. The van der Waals surface area contributed by atoms with Crippen molar-refractivity contribution < 1.29 is 9.35 Å². The van der Waals surface area contributed by atoms with Crippen molar-refractivity contribution >= 4 is 25.6 Å². The third-order valence-corrected chi connectivity index (χ3v) is 11.7. The molecule has 0 spiro atoms. The van der Waals surface area contributed by atoms with E-state index in [2.05, 4.69) is 44.9 Å². The van der Waals surface area contributed by atoms with Crippen LogP contribution in [-0.2, 0) is 10.8 Å². The summed E-state index contributed by atoms with van der Waals surface area (Å²) in [6.07, 6.45) is 6.16. The fraction of sp³-hybridized carbons (Fsp3) is 0.542. The summed E-state index contributed by atoms with van der Waals surface area (Å²) in [5.74, 6) is 0.984. The Hall–Kier alpha value is -1.76. The Morgan fingerprint density at radius 1 is 1.19 bits per heavy atom. The molecule has 0 aliphatic heterocycles. The number of aromatic nitrogens is 1. The fourth-order valence-electron chi connectivity index (χ4n) is 4.15. The molecule has 31 heavy (non-hydrogen) atoms. The van der Waals surface area contributed by atoms with E-state index in [9.17, 15) is 10.1 Å². The van der Waals surface area contributed by atoms with Gasteiger partial charge in [0.2, 0.25) is 0 Å². The number of rotatable bonds is 7. The average Bonchev–Trinajstić information content (AvgIpc) is 3.14. The molecule has 7 heteroatoms. The van der Waals surface area contributed by atoms with Gasteiger partial charge in [-0.3, -0.25) is 10.1 Å². The topological polar surface area (TPSA) is 65.3 Å². The van der Waals surface area contributed by atoms with Gasteiger partial charge in [-0.25, -0.2) is 4.98 Å². The van der Waals surface area contributed by atoms with Gasteiger partial charge in [0, 0.05) is 18.3 Å². The summed E-state index contributed by atoms with van der Waals surface area (Å²) in [7, 11) is -1.97. The Bertz CT molecular complexity index is 895. The SMILES string of the molecule is CC(C)(C)[Si](C)(C)O[C@H](c1ccc(Cl)nc1)[C@H]1CC[C@H](Cc2ccc([N+](=O)[O-])cc2)C1. The molecule has 1 fully saturated rings. The van der Waals surface area contributed by atoms with Crippen LogP contribution in [0.1, 0.15) is 57.3 Å². The summed E-state index contributed by atoms with van der Waals surface area (Å²) in [6, 6.07) is 10.9. The molecule has 1 aromatic heterocycles. The van der Waals surface area contributed by atoms with Crippen molar-refractivity contribution in [3.63, 3.8) is 0 Å². The van der Waals surface area contributed by atoms with E-state index in [4.69, 9.17) is 16.0 Å². The molecular formula is C24H33ClN2O3Si. The van der Waals surface area contributed by atoms with Crippen molar-refractivity contribution in [1.29, 1.82) is 0 Å². The van der Waals surface area contributed by atoms with Gasteiger partial charge in [0.1, 0.15) is 5.15 Å². The smallest absolute Gasteiger partial charge is 0.269 e. The van der Waals surface area contributed by atoms with Crippen molar-refractivity contribution in [1.82, 2.24) is 4.98 Å². The van der Waals surface area contributed by atoms with Gasteiger partial charge in [-0.1, -0.05) is 50.6 Å². The van der Waals surface area contributed by atoms with Gasteiger partial charge in [-0.05, 0) is 72.8 Å². The molecular weight excluding hydrogens is 428 g/mol. The second kappa shape index (κ2) is 9.39. The molecule has 0 saturated heterocycles. The zero-order valence-electron chi connectivity index (χ0n) is 19.1. The number of non-ortho nitro benzene ring substituents is 1. The van der Waals surface area contributed by atoms with Crippen LogP contribution in [0.4, 0.5) is 5.69 Å². The minimum atomic E-state index is -1.97. The lowest BCUT2D eigenvalue weighted by Gasteiger charge is -2.41. The number of pyridine rings is 1. The Morgan fingerprint density at radius 2 is 1.87 bits per heavy atom. The van der Waals surface area contributed by atoms with Crippen molar-refractivity contribution in [3.8, 4) is 0 Å². The van der Waals surface area contributed by atoms with Crippen molar-refractivity contribution in [2.24, 2.45) is 11.8 Å². The van der Waals surface area contributed by atoms with E-state index in [0.717, 1.165) is 36.8 Å². The molecule has 0 radical (unpaired) electrons. The van der Waals surface area contributed by atoms with E-state index >= 15 is 0 Å². The lowest BCUT2D eigenvalue weighted by Crippen LogP contribution is -2.43. The third-order valence-electron chi connectivity index (χ3n) is 6.99. The zero-order chi connectivity index (χ0) is 22.8. The lowest BCUT2D eigenvalue weighted by atomic mass is 9.92. The molecule has 3 rings (SSSR count). The predicted molar refractivity (Wildman–Crippen MR) is 128 cm³/mol. The maximum atomic E-state index is 10.9. The molecule has 1 heterocycles. The van der Waals surface area contributed by atoms with E-state index in [1.165, 1.54) is 0 Å². The third kappa shape index (κ3) is 5.93. The first-order chi connectivity index (χ1) is 14.5. The number of nitrogens with zero attached hydrogens (tertiary/aromatic N) is 2. The summed E-state index contributed by atoms with van der Waals surface area (Å²) in [4.78, 5) is 14.9. The maximum absolute atomic E-state index is 10.9. The van der Waals surface area contributed by atoms with E-state index in [1.807, 2.05) is 24.4 Å². The highest BCUT2D eigenvalue weighted by Gasteiger charge is 2.42. The number of halogens is 1. The monoisotopic (exact) mass is 460 g/mol. The van der Waals surface area contributed by atoms with Crippen LogP contribution < -0.4 is 0 Å². The summed E-state index contributed by atoms with van der Waals surface area (Å²) in [6.45, 7) is 11.4. The molecule has 1 aliphatic rings. The molecule has 5 nitrogen and oxygen atoms in total. The highest BCUT2D eigenvalue weighted by molar-refractivity contribution is 6.74. The van der Waals surface area contributed by atoms with Crippen LogP contribution in [0, 0.1) is 22.0 Å². The first-order valence-electron chi connectivity index (χ1n) is 11.0. The van der Waals surface area contributed by atoms with E-state index in [-0.39, 0.29) is 21.8 Å². The largest absolute Gasteiger partial charge is 0.410 e. The summed E-state index contributed by atoms with van der Waals surface area (Å²) in [5, 5.41) is 11.5. The van der Waals surface area contributed by atoms with Crippen LogP contribution in [0.25, 0.3) is 0 Å². The molecule has 1 aliphatic carbocycles. The molecule has 0 amide bonds. The van der Waals surface area contributed by atoms with Gasteiger partial charge in [-0.2, -0.15) is 0 Å². The quantitative estimate of drug-likeness (QED) is 0.187. The lowest BCUT2D eigenvalue weighted by molar-refractivity contribution is -0.384. The van der Waals surface area contributed by atoms with Crippen LogP contribution >= 0.6 is 11.6 Å². The maximum Gasteiger partial charge on any atom is 0.269 e. The minimum Gasteiger partial charge on any atom is -0.410 e. The van der Waals surface area contributed by atoms with E-state index in [1.54, 1.807) is 12.1 Å². The number of hydrogen-bond acceptors (Lipinski definition) is 4.